The van der Waals surface area contributed by atoms with Crippen LogP contribution >= 0.6 is 0 Å². The summed E-state index contributed by atoms with van der Waals surface area (Å²) in [5.74, 6) is 15.2. The second-order valence-corrected chi connectivity index (χ2v) is 20.2. The molecule has 0 bridgehead atoms. The molecule has 0 radical (unpaired) electrons. The average molecular weight is 629 g/mol. The van der Waals surface area contributed by atoms with Crippen molar-refractivity contribution in [2.75, 3.05) is 14.1 Å². The number of fused-ring (bicyclic) bond motifs is 10. The van der Waals surface area contributed by atoms with Gasteiger partial charge in [-0.3, -0.25) is 9.80 Å². The zero-order valence-electron chi connectivity index (χ0n) is 30.3. The van der Waals surface area contributed by atoms with Crippen LogP contribution in [0.1, 0.15) is 154 Å². The molecule has 0 aromatic heterocycles. The molecule has 2 nitrogen and oxygen atoms in total. The summed E-state index contributed by atoms with van der Waals surface area (Å²) >= 11 is 0. The van der Waals surface area contributed by atoms with E-state index in [2.05, 4.69) is 23.9 Å². The molecule has 14 unspecified atom stereocenters. The first kappa shape index (κ1) is 30.7. The van der Waals surface area contributed by atoms with Crippen LogP contribution in [0.4, 0.5) is 0 Å². The predicted octanol–water partition coefficient (Wildman–Crippen LogP) is 10.4. The van der Waals surface area contributed by atoms with Gasteiger partial charge in [0.1, 0.15) is 0 Å². The summed E-state index contributed by atoms with van der Waals surface area (Å²) in [6.07, 6.45) is 37.8. The summed E-state index contributed by atoms with van der Waals surface area (Å²) in [5.41, 5.74) is 0. The number of rotatable bonds is 3. The van der Waals surface area contributed by atoms with Crippen LogP contribution in [0.3, 0.4) is 0 Å². The molecule has 0 spiro atoms. The second kappa shape index (κ2) is 12.3. The lowest BCUT2D eigenvalue weighted by Crippen LogP contribution is -2.41. The van der Waals surface area contributed by atoms with Gasteiger partial charge in [0, 0.05) is 24.2 Å². The molecule has 0 N–H and O–H groups in total. The average Bonchev–Trinajstić information content (AvgIpc) is 3.81. The van der Waals surface area contributed by atoms with Gasteiger partial charge in [0.2, 0.25) is 0 Å². The second-order valence-electron chi connectivity index (χ2n) is 20.2. The maximum Gasteiger partial charge on any atom is 0.0161 e. The Morgan fingerprint density at radius 1 is 0.283 bits per heavy atom. The fourth-order valence-electron chi connectivity index (χ4n) is 18.0. The Morgan fingerprint density at radius 2 is 0.587 bits per heavy atom. The van der Waals surface area contributed by atoms with E-state index in [1.165, 1.54) is 51.4 Å². The van der Waals surface area contributed by atoms with E-state index in [4.69, 9.17) is 0 Å². The molecule has 10 fully saturated rings. The topological polar surface area (TPSA) is 6.48 Å². The van der Waals surface area contributed by atoms with Crippen molar-refractivity contribution in [2.24, 2.45) is 82.9 Å². The first-order valence-electron chi connectivity index (χ1n) is 22.1. The number of likely N-dealkylation sites (tertiary alicyclic amines) is 2. The molecule has 2 saturated heterocycles. The van der Waals surface area contributed by atoms with Crippen molar-refractivity contribution in [3.05, 3.63) is 0 Å². The van der Waals surface area contributed by atoms with E-state index in [1.54, 1.807) is 103 Å². The first-order valence-corrected chi connectivity index (χ1v) is 22.1. The molecular formula is C44H72N2. The fourth-order valence-corrected chi connectivity index (χ4v) is 18.0. The highest BCUT2D eigenvalue weighted by molar-refractivity contribution is 5.15. The molecule has 46 heavy (non-hydrogen) atoms. The maximum absolute atomic E-state index is 3.02. The standard InChI is InChI=1S/C44H72N2/c1-45-37-17-9-7-15-35(37)41-39(31-11-3-5-13-33(31)43(41)45)29-23-19-27(20-24-29)28-21-25-30(26-22-28)40-32-12-4-6-14-34(32)44-42(40)36-16-8-10-18-38(36)46(44)2/h27-44H,3-26H2,1-2H3. The van der Waals surface area contributed by atoms with Crippen LogP contribution in [0.5, 0.6) is 0 Å². The van der Waals surface area contributed by atoms with Crippen LogP contribution in [-0.2, 0) is 0 Å². The molecule has 2 aliphatic heterocycles. The molecule has 0 aromatic carbocycles. The summed E-state index contributed by atoms with van der Waals surface area (Å²) in [6, 6.07) is 3.85. The zero-order chi connectivity index (χ0) is 30.5. The minimum Gasteiger partial charge on any atom is -0.300 e. The van der Waals surface area contributed by atoms with Gasteiger partial charge in [0.25, 0.3) is 0 Å². The van der Waals surface area contributed by atoms with Crippen molar-refractivity contribution < 1.29 is 0 Å². The number of nitrogens with zero attached hydrogens (tertiary/aromatic N) is 2. The molecule has 258 valence electrons. The van der Waals surface area contributed by atoms with Gasteiger partial charge in [-0.2, -0.15) is 0 Å². The quantitative estimate of drug-likeness (QED) is 0.307. The molecule has 8 saturated carbocycles. The maximum atomic E-state index is 3.02. The predicted molar refractivity (Wildman–Crippen MR) is 190 cm³/mol. The smallest absolute Gasteiger partial charge is 0.0161 e. The highest BCUT2D eigenvalue weighted by Crippen LogP contribution is 2.65. The van der Waals surface area contributed by atoms with Crippen LogP contribution in [0, 0.1) is 82.9 Å². The van der Waals surface area contributed by atoms with E-state index in [-0.39, 0.29) is 0 Å². The van der Waals surface area contributed by atoms with Gasteiger partial charge < -0.3 is 0 Å². The number of hydrogen-bond donors (Lipinski definition) is 0. The minimum atomic E-state index is 0.952. The first-order chi connectivity index (χ1) is 22.7. The third-order valence-corrected chi connectivity index (χ3v) is 19.2. The lowest BCUT2D eigenvalue weighted by Gasteiger charge is -2.46. The Hall–Kier alpha value is -0.0800. The lowest BCUT2D eigenvalue weighted by atomic mass is 9.60. The normalized spacial score (nSPS) is 57.3. The molecule has 0 amide bonds. The molecule has 14 atom stereocenters. The summed E-state index contributed by atoms with van der Waals surface area (Å²) < 4.78 is 0. The van der Waals surface area contributed by atoms with Crippen molar-refractivity contribution in [3.63, 3.8) is 0 Å². The zero-order valence-corrected chi connectivity index (χ0v) is 30.3. The highest BCUT2D eigenvalue weighted by Gasteiger charge is 2.64. The van der Waals surface area contributed by atoms with E-state index < -0.39 is 0 Å². The van der Waals surface area contributed by atoms with Gasteiger partial charge >= 0.3 is 0 Å². The molecular weight excluding hydrogens is 556 g/mol. The van der Waals surface area contributed by atoms with Gasteiger partial charge in [-0.05, 0) is 200 Å². The van der Waals surface area contributed by atoms with E-state index >= 15 is 0 Å². The van der Waals surface area contributed by atoms with Crippen molar-refractivity contribution in [2.45, 2.75) is 178 Å². The molecule has 2 heteroatoms. The SMILES string of the molecule is CN1C2CCCCC2C2C(C3CCC(C4CCC(C5C6CCCCC6C6C5C5CCCCC5N6C)CC4)CC3)C3CCCCC3C21. The van der Waals surface area contributed by atoms with E-state index in [1.807, 2.05) is 0 Å². The van der Waals surface area contributed by atoms with E-state index in [0.717, 1.165) is 107 Å². The Labute approximate surface area is 284 Å². The minimum absolute atomic E-state index is 0.952. The summed E-state index contributed by atoms with van der Waals surface area (Å²) in [6.45, 7) is 0. The third-order valence-electron chi connectivity index (χ3n) is 19.2. The summed E-state index contributed by atoms with van der Waals surface area (Å²) in [5, 5.41) is 0. The highest BCUT2D eigenvalue weighted by atomic mass is 15.2. The Balaban J connectivity index is 0.804. The van der Waals surface area contributed by atoms with E-state index in [9.17, 15) is 0 Å². The van der Waals surface area contributed by atoms with Crippen LogP contribution in [0.2, 0.25) is 0 Å². The largest absolute Gasteiger partial charge is 0.300 e. The Morgan fingerprint density at radius 3 is 0.978 bits per heavy atom. The van der Waals surface area contributed by atoms with E-state index in [0.29, 0.717) is 0 Å². The molecule has 0 aromatic rings. The van der Waals surface area contributed by atoms with Gasteiger partial charge in [-0.25, -0.2) is 0 Å². The van der Waals surface area contributed by atoms with Crippen molar-refractivity contribution in [1.29, 1.82) is 0 Å². The van der Waals surface area contributed by atoms with Gasteiger partial charge in [0.15, 0.2) is 0 Å². The fraction of sp³-hybridized carbons (Fsp3) is 1.00. The lowest BCUT2D eigenvalue weighted by molar-refractivity contribution is 0.0415. The van der Waals surface area contributed by atoms with Gasteiger partial charge in [-0.15, -0.1) is 0 Å². The number of hydrogen-bond acceptors (Lipinski definition) is 2. The molecule has 10 aliphatic rings. The molecule has 2 heterocycles. The van der Waals surface area contributed by atoms with Gasteiger partial charge in [0.05, 0.1) is 0 Å². The third kappa shape index (κ3) is 4.65. The van der Waals surface area contributed by atoms with Crippen LogP contribution in [-0.4, -0.2) is 48.1 Å². The van der Waals surface area contributed by atoms with Crippen molar-refractivity contribution in [3.8, 4) is 0 Å². The Bertz CT molecular complexity index is 982. The summed E-state index contributed by atoms with van der Waals surface area (Å²) in [4.78, 5) is 6.03. The van der Waals surface area contributed by atoms with Crippen LogP contribution in [0.25, 0.3) is 0 Å². The van der Waals surface area contributed by atoms with Crippen molar-refractivity contribution >= 4 is 0 Å². The van der Waals surface area contributed by atoms with Crippen LogP contribution in [0.15, 0.2) is 0 Å². The molecule has 10 rings (SSSR count). The Kier molecular flexibility index (Phi) is 8.22. The van der Waals surface area contributed by atoms with Crippen molar-refractivity contribution in [1.82, 2.24) is 9.80 Å². The monoisotopic (exact) mass is 629 g/mol. The molecule has 8 aliphatic carbocycles. The van der Waals surface area contributed by atoms with Gasteiger partial charge in [-0.1, -0.05) is 51.4 Å². The van der Waals surface area contributed by atoms with Crippen LogP contribution < -0.4 is 0 Å². The summed E-state index contributed by atoms with van der Waals surface area (Å²) in [7, 11) is 5.18.